The van der Waals surface area contributed by atoms with Crippen LogP contribution in [0.1, 0.15) is 55.6 Å². The number of amides is 1. The Morgan fingerprint density at radius 3 is 2.38 bits per heavy atom. The average Bonchev–Trinajstić information content (AvgIpc) is 3.28. The molecule has 130 valence electrons. The van der Waals surface area contributed by atoms with Crippen molar-refractivity contribution in [2.75, 3.05) is 12.8 Å². The van der Waals surface area contributed by atoms with Gasteiger partial charge in [0.25, 0.3) is 0 Å². The Kier molecular flexibility index (Phi) is 4.81. The van der Waals surface area contributed by atoms with Gasteiger partial charge < -0.3 is 5.32 Å². The van der Waals surface area contributed by atoms with Gasteiger partial charge in [-0.25, -0.2) is 8.42 Å². The van der Waals surface area contributed by atoms with Crippen LogP contribution in [-0.2, 0) is 14.6 Å². The van der Waals surface area contributed by atoms with Crippen molar-refractivity contribution in [2.45, 2.75) is 49.2 Å². The van der Waals surface area contributed by atoms with Crippen molar-refractivity contribution >= 4 is 21.8 Å². The minimum atomic E-state index is -3.17. The predicted octanol–water partition coefficient (Wildman–Crippen LogP) is 3.05. The lowest BCUT2D eigenvalue weighted by molar-refractivity contribution is -0.116. The van der Waals surface area contributed by atoms with Gasteiger partial charge in [0, 0.05) is 18.9 Å². The monoisotopic (exact) mass is 347 g/mol. The third-order valence-corrected chi connectivity index (χ3v) is 7.42. The summed E-state index contributed by atoms with van der Waals surface area (Å²) in [6, 6.07) is 8.28. The lowest BCUT2D eigenvalue weighted by Gasteiger charge is -2.26. The first-order valence-corrected chi connectivity index (χ1v) is 10.5. The minimum Gasteiger partial charge on any atom is -0.351 e. The van der Waals surface area contributed by atoms with E-state index in [9.17, 15) is 13.2 Å². The highest BCUT2D eigenvalue weighted by Crippen LogP contribution is 2.40. The zero-order valence-corrected chi connectivity index (χ0v) is 14.9. The van der Waals surface area contributed by atoms with E-state index in [-0.39, 0.29) is 12.5 Å². The summed E-state index contributed by atoms with van der Waals surface area (Å²) in [4.78, 5) is 12.0. The molecule has 1 amide bonds. The van der Waals surface area contributed by atoms with E-state index in [0.717, 1.165) is 24.3 Å². The average molecular weight is 347 g/mol. The number of benzene rings is 1. The molecule has 2 aliphatic carbocycles. The van der Waals surface area contributed by atoms with E-state index in [4.69, 9.17) is 0 Å². The van der Waals surface area contributed by atoms with E-state index in [1.54, 1.807) is 6.08 Å². The van der Waals surface area contributed by atoms with Crippen molar-refractivity contribution in [3.8, 4) is 0 Å². The van der Waals surface area contributed by atoms with Crippen molar-refractivity contribution in [3.05, 3.63) is 41.5 Å². The molecule has 2 fully saturated rings. The van der Waals surface area contributed by atoms with Crippen LogP contribution in [0.3, 0.4) is 0 Å². The Labute approximate surface area is 144 Å². The molecule has 0 radical (unpaired) electrons. The van der Waals surface area contributed by atoms with Crippen LogP contribution in [0.2, 0.25) is 0 Å². The van der Waals surface area contributed by atoms with E-state index in [1.807, 2.05) is 12.1 Å². The standard InChI is InChI=1S/C19H25NO3S/c1-24(22,23)19(12-2-3-13-19)14-20-18(21)11-6-15-4-7-16(8-5-15)17-9-10-17/h4-8,11,17H,2-3,9-10,12-14H2,1H3,(H,20,21)/b11-6+. The zero-order chi connectivity index (χ0) is 17.2. The van der Waals surface area contributed by atoms with Crippen LogP contribution in [0.25, 0.3) is 6.08 Å². The molecule has 3 rings (SSSR count). The molecule has 0 saturated heterocycles. The van der Waals surface area contributed by atoms with Gasteiger partial charge in [0.1, 0.15) is 0 Å². The second-order valence-corrected chi connectivity index (χ2v) is 9.56. The fraction of sp³-hybridized carbons (Fsp3) is 0.526. The van der Waals surface area contributed by atoms with Crippen molar-refractivity contribution in [2.24, 2.45) is 0 Å². The maximum atomic E-state index is 12.1. The van der Waals surface area contributed by atoms with Crippen molar-refractivity contribution in [1.29, 1.82) is 0 Å². The van der Waals surface area contributed by atoms with Crippen LogP contribution in [0.5, 0.6) is 0 Å². The van der Waals surface area contributed by atoms with Gasteiger partial charge in [-0.15, -0.1) is 0 Å². The maximum absolute atomic E-state index is 12.1. The molecule has 0 aromatic heterocycles. The van der Waals surface area contributed by atoms with Crippen LogP contribution in [0.15, 0.2) is 30.3 Å². The summed E-state index contributed by atoms with van der Waals surface area (Å²) in [6.07, 6.45) is 10.2. The molecule has 0 bridgehead atoms. The minimum absolute atomic E-state index is 0.204. The fourth-order valence-electron chi connectivity index (χ4n) is 3.47. The highest BCUT2D eigenvalue weighted by Gasteiger charge is 2.43. The normalized spacial score (nSPS) is 20.4. The van der Waals surface area contributed by atoms with Crippen LogP contribution in [0.4, 0.5) is 0 Å². The highest BCUT2D eigenvalue weighted by atomic mass is 32.2. The molecule has 0 atom stereocenters. The molecule has 0 heterocycles. The predicted molar refractivity (Wildman–Crippen MR) is 96.5 cm³/mol. The lowest BCUT2D eigenvalue weighted by atomic mass is 10.1. The fourth-order valence-corrected chi connectivity index (χ4v) is 4.84. The second kappa shape index (κ2) is 6.71. The van der Waals surface area contributed by atoms with Crippen molar-refractivity contribution < 1.29 is 13.2 Å². The van der Waals surface area contributed by atoms with Gasteiger partial charge in [-0.2, -0.15) is 0 Å². The van der Waals surface area contributed by atoms with E-state index >= 15 is 0 Å². The number of carbonyl (C=O) groups is 1. The van der Waals surface area contributed by atoms with Gasteiger partial charge in [0.05, 0.1) is 4.75 Å². The number of carbonyl (C=O) groups excluding carboxylic acids is 1. The molecule has 2 aliphatic rings. The first-order chi connectivity index (χ1) is 11.4. The van der Waals surface area contributed by atoms with E-state index in [2.05, 4.69) is 17.4 Å². The number of hydrogen-bond acceptors (Lipinski definition) is 3. The van der Waals surface area contributed by atoms with Crippen LogP contribution < -0.4 is 5.32 Å². The summed E-state index contributed by atoms with van der Waals surface area (Å²) in [6.45, 7) is 0.204. The smallest absolute Gasteiger partial charge is 0.244 e. The number of sulfone groups is 1. The third kappa shape index (κ3) is 3.89. The largest absolute Gasteiger partial charge is 0.351 e. The first-order valence-electron chi connectivity index (χ1n) is 8.65. The van der Waals surface area contributed by atoms with Gasteiger partial charge in [-0.3, -0.25) is 4.79 Å². The number of hydrogen-bond donors (Lipinski definition) is 1. The van der Waals surface area contributed by atoms with Gasteiger partial charge in [-0.05, 0) is 48.8 Å². The van der Waals surface area contributed by atoms with E-state index in [0.29, 0.717) is 12.8 Å². The van der Waals surface area contributed by atoms with Gasteiger partial charge in [0.2, 0.25) is 5.91 Å². The molecular formula is C19H25NO3S. The molecule has 1 aromatic rings. The van der Waals surface area contributed by atoms with Crippen molar-refractivity contribution in [1.82, 2.24) is 5.32 Å². The second-order valence-electron chi connectivity index (χ2n) is 7.15. The molecule has 0 unspecified atom stereocenters. The molecule has 5 heteroatoms. The van der Waals surface area contributed by atoms with E-state index in [1.165, 1.54) is 30.7 Å². The number of rotatable bonds is 6. The summed E-state index contributed by atoms with van der Waals surface area (Å²) < 4.78 is 23.4. The Bertz CT molecular complexity index is 724. The first kappa shape index (κ1) is 17.2. The third-order valence-electron chi connectivity index (χ3n) is 5.30. The Balaban J connectivity index is 1.56. The zero-order valence-electron chi connectivity index (χ0n) is 14.1. The van der Waals surface area contributed by atoms with Crippen LogP contribution in [0, 0.1) is 0 Å². The summed E-state index contributed by atoms with van der Waals surface area (Å²) in [5.74, 6) is 0.487. The molecule has 1 aromatic carbocycles. The van der Waals surface area contributed by atoms with Crippen molar-refractivity contribution in [3.63, 3.8) is 0 Å². The quantitative estimate of drug-likeness (QED) is 0.805. The van der Waals surface area contributed by atoms with Crippen LogP contribution >= 0.6 is 0 Å². The van der Waals surface area contributed by atoms with Crippen LogP contribution in [-0.4, -0.2) is 31.9 Å². The summed E-state index contributed by atoms with van der Waals surface area (Å²) in [5.41, 5.74) is 2.35. The summed E-state index contributed by atoms with van der Waals surface area (Å²) in [5, 5.41) is 2.78. The molecule has 1 N–H and O–H groups in total. The molecule has 0 aliphatic heterocycles. The van der Waals surface area contributed by atoms with Gasteiger partial charge in [0.15, 0.2) is 9.84 Å². The van der Waals surface area contributed by atoms with Gasteiger partial charge in [-0.1, -0.05) is 37.1 Å². The maximum Gasteiger partial charge on any atom is 0.244 e. The molecule has 2 saturated carbocycles. The Morgan fingerprint density at radius 1 is 1.21 bits per heavy atom. The SMILES string of the molecule is CS(=O)(=O)C1(CNC(=O)/C=C/c2ccc(C3CC3)cc2)CCCC1. The Hall–Kier alpha value is -1.62. The molecule has 0 spiro atoms. The van der Waals surface area contributed by atoms with E-state index < -0.39 is 14.6 Å². The topological polar surface area (TPSA) is 63.2 Å². The molecule has 4 nitrogen and oxygen atoms in total. The molecular weight excluding hydrogens is 322 g/mol. The molecule has 24 heavy (non-hydrogen) atoms. The van der Waals surface area contributed by atoms with Gasteiger partial charge >= 0.3 is 0 Å². The number of nitrogens with one attached hydrogen (secondary N) is 1. The Morgan fingerprint density at radius 2 is 1.83 bits per heavy atom. The highest BCUT2D eigenvalue weighted by molar-refractivity contribution is 7.92. The summed E-state index contributed by atoms with van der Waals surface area (Å²) >= 11 is 0. The summed E-state index contributed by atoms with van der Waals surface area (Å²) in [7, 11) is -3.17. The lowest BCUT2D eigenvalue weighted by Crippen LogP contribution is -2.46.